The van der Waals surface area contributed by atoms with Crippen molar-refractivity contribution in [3.05, 3.63) is 34.3 Å². The summed E-state index contributed by atoms with van der Waals surface area (Å²) >= 11 is 3.43. The van der Waals surface area contributed by atoms with E-state index in [1.807, 2.05) is 31.2 Å². The van der Waals surface area contributed by atoms with Gasteiger partial charge in [0.25, 0.3) is 0 Å². The summed E-state index contributed by atoms with van der Waals surface area (Å²) in [4.78, 5) is 26.1. The monoisotopic (exact) mass is 365 g/mol. The van der Waals surface area contributed by atoms with Gasteiger partial charge in [0.05, 0.1) is 11.3 Å². The van der Waals surface area contributed by atoms with Gasteiger partial charge in [0.1, 0.15) is 0 Å². The van der Waals surface area contributed by atoms with Crippen molar-refractivity contribution < 1.29 is 14.7 Å². The lowest BCUT2D eigenvalue weighted by Crippen LogP contribution is -2.50. The highest BCUT2D eigenvalue weighted by atomic mass is 79.9. The third-order valence-corrected chi connectivity index (χ3v) is 5.76. The fourth-order valence-electron chi connectivity index (χ4n) is 3.68. The zero-order valence-corrected chi connectivity index (χ0v) is 14.2. The Morgan fingerprint density at radius 1 is 1.23 bits per heavy atom. The molecule has 1 saturated heterocycles. The van der Waals surface area contributed by atoms with Gasteiger partial charge in [-0.25, -0.2) is 0 Å². The van der Waals surface area contributed by atoms with Crippen molar-refractivity contribution in [2.75, 3.05) is 13.1 Å². The molecule has 2 atom stereocenters. The van der Waals surface area contributed by atoms with E-state index in [4.69, 9.17) is 0 Å². The van der Waals surface area contributed by atoms with Crippen molar-refractivity contribution in [3.63, 3.8) is 0 Å². The van der Waals surface area contributed by atoms with Crippen LogP contribution >= 0.6 is 15.9 Å². The third-order valence-electron chi connectivity index (χ3n) is 5.23. The fraction of sp³-hybridized carbons (Fsp3) is 0.529. The van der Waals surface area contributed by atoms with E-state index in [1.165, 1.54) is 0 Å². The molecule has 1 heterocycles. The largest absolute Gasteiger partial charge is 0.481 e. The number of amides is 1. The van der Waals surface area contributed by atoms with Crippen molar-refractivity contribution >= 4 is 27.8 Å². The Kier molecular flexibility index (Phi) is 4.02. The summed E-state index contributed by atoms with van der Waals surface area (Å²) < 4.78 is 0.999. The summed E-state index contributed by atoms with van der Waals surface area (Å²) in [5.41, 5.74) is 0.617. The number of halogens is 1. The van der Waals surface area contributed by atoms with E-state index < -0.39 is 17.3 Å². The second kappa shape index (κ2) is 5.69. The number of aliphatic carboxylic acids is 1. The smallest absolute Gasteiger partial charge is 0.308 e. The molecule has 4 nitrogen and oxygen atoms in total. The van der Waals surface area contributed by atoms with Crippen LogP contribution in [0, 0.1) is 11.8 Å². The Balaban J connectivity index is 1.84. The Bertz CT molecular complexity index is 594. The number of carbonyl (C=O) groups is 2. The minimum Gasteiger partial charge on any atom is -0.481 e. The molecule has 0 bridgehead atoms. The molecule has 1 aromatic rings. The van der Waals surface area contributed by atoms with E-state index in [1.54, 1.807) is 4.90 Å². The van der Waals surface area contributed by atoms with Gasteiger partial charge in [0.2, 0.25) is 5.91 Å². The van der Waals surface area contributed by atoms with Crippen LogP contribution in [0.5, 0.6) is 0 Å². The Hall–Kier alpha value is -1.36. The second-order valence-corrected chi connectivity index (χ2v) is 7.49. The number of carboxylic acids is 1. The van der Waals surface area contributed by atoms with Crippen molar-refractivity contribution in [2.45, 2.75) is 31.6 Å². The van der Waals surface area contributed by atoms with Gasteiger partial charge < -0.3 is 10.0 Å². The molecule has 118 valence electrons. The van der Waals surface area contributed by atoms with E-state index >= 15 is 0 Å². The summed E-state index contributed by atoms with van der Waals surface area (Å²) in [5.74, 6) is -1.11. The molecule has 1 aliphatic carbocycles. The standard InChI is InChI=1S/C17H20BrNO3/c1-11-9-19(10-14(11)15(20)21)16(22)17(7-2-8-17)12-3-5-13(18)6-4-12/h3-6,11,14H,2,7-10H2,1H3,(H,20,21)/t11-,14-/m1/s1. The quantitative estimate of drug-likeness (QED) is 0.895. The van der Waals surface area contributed by atoms with Crippen LogP contribution in [0.25, 0.3) is 0 Å². The minimum atomic E-state index is -0.797. The first kappa shape index (κ1) is 15.5. The maximum absolute atomic E-state index is 13.1. The molecule has 1 amide bonds. The van der Waals surface area contributed by atoms with Gasteiger partial charge >= 0.3 is 5.97 Å². The van der Waals surface area contributed by atoms with Gasteiger partial charge in [0.15, 0.2) is 0 Å². The van der Waals surface area contributed by atoms with E-state index in [0.717, 1.165) is 29.3 Å². The van der Waals surface area contributed by atoms with Crippen molar-refractivity contribution in [2.24, 2.45) is 11.8 Å². The van der Waals surface area contributed by atoms with Crippen LogP contribution in [0.4, 0.5) is 0 Å². The number of carboxylic acid groups (broad SMARTS) is 1. The average molecular weight is 366 g/mol. The highest BCUT2D eigenvalue weighted by Crippen LogP contribution is 2.46. The van der Waals surface area contributed by atoms with Gasteiger partial charge in [-0.3, -0.25) is 9.59 Å². The fourth-order valence-corrected chi connectivity index (χ4v) is 3.95. The van der Waals surface area contributed by atoms with Gasteiger partial charge in [-0.05, 0) is 36.5 Å². The molecule has 1 N–H and O–H groups in total. The van der Waals surface area contributed by atoms with E-state index in [0.29, 0.717) is 13.1 Å². The summed E-state index contributed by atoms with van der Waals surface area (Å²) in [6.45, 7) is 2.81. The maximum atomic E-state index is 13.1. The van der Waals surface area contributed by atoms with Gasteiger partial charge in [-0.2, -0.15) is 0 Å². The van der Waals surface area contributed by atoms with E-state index in [2.05, 4.69) is 15.9 Å². The minimum absolute atomic E-state index is 0.0171. The van der Waals surface area contributed by atoms with E-state index in [9.17, 15) is 14.7 Å². The molecule has 1 saturated carbocycles. The van der Waals surface area contributed by atoms with Crippen molar-refractivity contribution in [3.8, 4) is 0 Å². The summed E-state index contributed by atoms with van der Waals surface area (Å²) in [6.07, 6.45) is 2.76. The molecule has 3 rings (SSSR count). The molecule has 22 heavy (non-hydrogen) atoms. The average Bonchev–Trinajstić information content (AvgIpc) is 2.82. The van der Waals surface area contributed by atoms with Gasteiger partial charge in [-0.1, -0.05) is 41.4 Å². The lowest BCUT2D eigenvalue weighted by atomic mass is 9.63. The second-order valence-electron chi connectivity index (χ2n) is 6.57. The summed E-state index contributed by atoms with van der Waals surface area (Å²) in [7, 11) is 0. The zero-order chi connectivity index (χ0) is 15.9. The van der Waals surface area contributed by atoms with Crippen LogP contribution in [-0.4, -0.2) is 35.0 Å². The maximum Gasteiger partial charge on any atom is 0.308 e. The Labute approximate surface area is 138 Å². The molecule has 5 heteroatoms. The van der Waals surface area contributed by atoms with Crippen LogP contribution in [-0.2, 0) is 15.0 Å². The number of rotatable bonds is 3. The highest BCUT2D eigenvalue weighted by molar-refractivity contribution is 9.10. The first-order chi connectivity index (χ1) is 10.4. The summed E-state index contributed by atoms with van der Waals surface area (Å²) in [5, 5.41) is 9.26. The number of hydrogen-bond acceptors (Lipinski definition) is 2. The zero-order valence-electron chi connectivity index (χ0n) is 12.6. The number of nitrogens with zero attached hydrogens (tertiary/aromatic N) is 1. The van der Waals surface area contributed by atoms with Crippen LogP contribution in [0.1, 0.15) is 31.7 Å². The normalized spacial score (nSPS) is 26.5. The molecule has 0 aromatic heterocycles. The number of hydrogen-bond donors (Lipinski definition) is 1. The Morgan fingerprint density at radius 3 is 2.32 bits per heavy atom. The molecule has 0 radical (unpaired) electrons. The number of carbonyl (C=O) groups excluding carboxylic acids is 1. The first-order valence-corrected chi connectivity index (χ1v) is 8.51. The van der Waals surface area contributed by atoms with Crippen molar-refractivity contribution in [1.82, 2.24) is 4.90 Å². The summed E-state index contributed by atoms with van der Waals surface area (Å²) in [6, 6.07) is 7.95. The third kappa shape index (κ3) is 2.45. The molecule has 1 aromatic carbocycles. The van der Waals surface area contributed by atoms with Crippen LogP contribution in [0.3, 0.4) is 0 Å². The SMILES string of the molecule is C[C@@H]1CN(C(=O)C2(c3ccc(Br)cc3)CCC2)C[C@H]1C(=O)O. The molecule has 1 aliphatic heterocycles. The lowest BCUT2D eigenvalue weighted by Gasteiger charge is -2.43. The van der Waals surface area contributed by atoms with E-state index in [-0.39, 0.29) is 11.8 Å². The molecular formula is C17H20BrNO3. The van der Waals surface area contributed by atoms with Crippen LogP contribution in [0.15, 0.2) is 28.7 Å². The molecule has 2 aliphatic rings. The molecular weight excluding hydrogens is 346 g/mol. The molecule has 0 unspecified atom stereocenters. The topological polar surface area (TPSA) is 57.6 Å². The first-order valence-electron chi connectivity index (χ1n) is 7.72. The van der Waals surface area contributed by atoms with Crippen LogP contribution in [0.2, 0.25) is 0 Å². The van der Waals surface area contributed by atoms with Gasteiger partial charge in [-0.15, -0.1) is 0 Å². The van der Waals surface area contributed by atoms with Gasteiger partial charge in [0, 0.05) is 17.6 Å². The molecule has 2 fully saturated rings. The number of likely N-dealkylation sites (tertiary alicyclic amines) is 1. The predicted molar refractivity (Wildman–Crippen MR) is 86.5 cm³/mol. The Morgan fingerprint density at radius 2 is 1.86 bits per heavy atom. The van der Waals surface area contributed by atoms with Crippen molar-refractivity contribution in [1.29, 1.82) is 0 Å². The van der Waals surface area contributed by atoms with Crippen LogP contribution < -0.4 is 0 Å². The highest BCUT2D eigenvalue weighted by Gasteiger charge is 2.50. The number of benzene rings is 1. The predicted octanol–water partition coefficient (Wildman–Crippen LogP) is 3.05. The molecule has 0 spiro atoms. The lowest BCUT2D eigenvalue weighted by molar-refractivity contribution is -0.143.